The maximum atomic E-state index is 8.55. The van der Waals surface area contributed by atoms with E-state index in [1.165, 1.54) is 6.92 Å². The number of rotatable bonds is 2. The Labute approximate surface area is 58.3 Å². The Morgan fingerprint density at radius 2 is 2.22 bits per heavy atom. The summed E-state index contributed by atoms with van der Waals surface area (Å²) < 4.78 is 0. The highest BCUT2D eigenvalue weighted by Gasteiger charge is 1.97. The van der Waals surface area contributed by atoms with Crippen LogP contribution in [-0.2, 0) is 0 Å². The zero-order chi connectivity index (χ0) is 7.44. The molecule has 0 fully saturated rings. The zero-order valence-electron chi connectivity index (χ0n) is 5.00. The molecule has 3 nitrogen and oxygen atoms in total. The highest BCUT2D eigenvalue weighted by Crippen LogP contribution is 1.97. The molecule has 0 saturated heterocycles. The van der Waals surface area contributed by atoms with Crippen molar-refractivity contribution < 1.29 is 10.2 Å². The molecule has 0 aromatic heterocycles. The second kappa shape index (κ2) is 3.48. The molecule has 0 aromatic rings. The second-order valence-electron chi connectivity index (χ2n) is 1.50. The van der Waals surface area contributed by atoms with E-state index in [0.717, 1.165) is 0 Å². The molecule has 0 spiro atoms. The Bertz CT molecular complexity index is 142. The molecule has 0 amide bonds. The van der Waals surface area contributed by atoms with Crippen molar-refractivity contribution in [1.29, 1.82) is 0 Å². The molecule has 0 radical (unpaired) electrons. The highest BCUT2D eigenvalue weighted by molar-refractivity contribution is 6.69. The zero-order valence-corrected chi connectivity index (χ0v) is 5.76. The van der Waals surface area contributed by atoms with E-state index >= 15 is 0 Å². The number of hydrogen-bond acceptors (Lipinski definition) is 3. The average molecular weight is 150 g/mol. The van der Waals surface area contributed by atoms with Crippen molar-refractivity contribution in [2.45, 2.75) is 13.2 Å². The molecule has 0 bridgehead atoms. The van der Waals surface area contributed by atoms with Crippen LogP contribution in [0.3, 0.4) is 0 Å². The predicted molar refractivity (Wildman–Crippen MR) is 36.7 cm³/mol. The minimum atomic E-state index is -0.901. The molecule has 0 aliphatic carbocycles. The fourth-order valence-corrected chi connectivity index (χ4v) is 0.380. The number of aliphatic imine (C=N–C) groups is 1. The quantitative estimate of drug-likeness (QED) is 0.455. The number of nitrogens with zero attached hydrogens (tertiary/aromatic N) is 1. The molecule has 0 rings (SSSR count). The number of aliphatic hydroxyl groups excluding tert-OH is 2. The molecule has 0 aliphatic rings. The van der Waals surface area contributed by atoms with Crippen LogP contribution in [0.25, 0.3) is 0 Å². The summed E-state index contributed by atoms with van der Waals surface area (Å²) >= 11 is 5.25. The van der Waals surface area contributed by atoms with Gasteiger partial charge in [-0.1, -0.05) is 18.2 Å². The molecule has 9 heavy (non-hydrogen) atoms. The molecule has 52 valence electrons. The van der Waals surface area contributed by atoms with Gasteiger partial charge in [0.15, 0.2) is 5.17 Å². The van der Waals surface area contributed by atoms with Gasteiger partial charge in [0, 0.05) is 0 Å². The summed E-state index contributed by atoms with van der Waals surface area (Å²) in [5, 5.41) is 16.9. The fraction of sp³-hybridized carbons (Fsp3) is 0.400. The van der Waals surface area contributed by atoms with Crippen LogP contribution in [0.1, 0.15) is 6.92 Å². The van der Waals surface area contributed by atoms with Gasteiger partial charge in [-0.2, -0.15) is 0 Å². The monoisotopic (exact) mass is 149 g/mol. The lowest BCUT2D eigenvalue weighted by molar-refractivity contribution is 0.205. The van der Waals surface area contributed by atoms with Gasteiger partial charge in [0.25, 0.3) is 0 Å². The van der Waals surface area contributed by atoms with E-state index in [4.69, 9.17) is 21.8 Å². The molecular formula is C5H8ClNO2. The van der Waals surface area contributed by atoms with Crippen LogP contribution in [0.2, 0.25) is 0 Å². The van der Waals surface area contributed by atoms with Crippen LogP contribution in [0.4, 0.5) is 0 Å². The van der Waals surface area contributed by atoms with Crippen LogP contribution in [0.15, 0.2) is 17.3 Å². The Hall–Kier alpha value is -0.540. The second-order valence-corrected chi connectivity index (χ2v) is 1.86. The standard InChI is InChI=1S/C5H8ClNO2/c1-3(8)5(6)7-4(2)9/h4,8-9H,1H2,2H3/b7-5+. The molecule has 1 atom stereocenters. The number of halogens is 1. The summed E-state index contributed by atoms with van der Waals surface area (Å²) in [5.41, 5.74) is 0. The first-order valence-electron chi connectivity index (χ1n) is 2.33. The third-order valence-corrected chi connectivity index (χ3v) is 0.854. The largest absolute Gasteiger partial charge is 0.505 e. The van der Waals surface area contributed by atoms with Gasteiger partial charge in [0.05, 0.1) is 0 Å². The molecule has 0 aliphatic heterocycles. The molecule has 0 saturated carbocycles. The van der Waals surface area contributed by atoms with Crippen molar-refractivity contribution in [3.63, 3.8) is 0 Å². The van der Waals surface area contributed by atoms with Gasteiger partial charge in [-0.05, 0) is 6.92 Å². The van der Waals surface area contributed by atoms with Gasteiger partial charge in [-0.3, -0.25) is 0 Å². The van der Waals surface area contributed by atoms with Crippen LogP contribution >= 0.6 is 11.6 Å². The van der Waals surface area contributed by atoms with E-state index in [-0.39, 0.29) is 10.9 Å². The van der Waals surface area contributed by atoms with Crippen molar-refractivity contribution in [2.75, 3.05) is 0 Å². The Balaban J connectivity index is 4.00. The van der Waals surface area contributed by atoms with E-state index in [2.05, 4.69) is 11.6 Å². The number of hydrogen-bond donors (Lipinski definition) is 2. The molecule has 0 heterocycles. The van der Waals surface area contributed by atoms with Gasteiger partial charge < -0.3 is 10.2 Å². The first kappa shape index (κ1) is 8.46. The summed E-state index contributed by atoms with van der Waals surface area (Å²) in [6, 6.07) is 0. The van der Waals surface area contributed by atoms with E-state index in [1.54, 1.807) is 0 Å². The van der Waals surface area contributed by atoms with E-state index < -0.39 is 6.23 Å². The van der Waals surface area contributed by atoms with E-state index in [9.17, 15) is 0 Å². The Morgan fingerprint density at radius 3 is 2.33 bits per heavy atom. The van der Waals surface area contributed by atoms with Gasteiger partial charge >= 0.3 is 0 Å². The van der Waals surface area contributed by atoms with Crippen LogP contribution in [-0.4, -0.2) is 21.6 Å². The van der Waals surface area contributed by atoms with Gasteiger partial charge in [0.2, 0.25) is 0 Å². The normalized spacial score (nSPS) is 15.2. The predicted octanol–water partition coefficient (Wildman–Crippen LogP) is 1.03. The number of aliphatic hydroxyl groups is 2. The van der Waals surface area contributed by atoms with Crippen LogP contribution < -0.4 is 0 Å². The van der Waals surface area contributed by atoms with E-state index in [0.29, 0.717) is 0 Å². The lowest BCUT2D eigenvalue weighted by Gasteiger charge is -1.96. The SMILES string of the molecule is C=C(O)/C(Cl)=N\C(C)O. The fourth-order valence-electron chi connectivity index (χ4n) is 0.239. The van der Waals surface area contributed by atoms with Crippen LogP contribution in [0, 0.1) is 0 Å². The third-order valence-electron chi connectivity index (χ3n) is 0.538. The minimum Gasteiger partial charge on any atom is -0.505 e. The third kappa shape index (κ3) is 4.00. The topological polar surface area (TPSA) is 52.8 Å². The Kier molecular flexibility index (Phi) is 3.27. The molecular weight excluding hydrogens is 142 g/mol. The average Bonchev–Trinajstić information content (AvgIpc) is 1.63. The molecule has 4 heteroatoms. The van der Waals surface area contributed by atoms with Gasteiger partial charge in [-0.15, -0.1) is 0 Å². The maximum absolute atomic E-state index is 8.55. The lowest BCUT2D eigenvalue weighted by Crippen LogP contribution is -2.00. The van der Waals surface area contributed by atoms with Crippen molar-refractivity contribution in [3.8, 4) is 0 Å². The van der Waals surface area contributed by atoms with E-state index in [1.807, 2.05) is 0 Å². The minimum absolute atomic E-state index is 0.162. The summed E-state index contributed by atoms with van der Waals surface area (Å²) in [4.78, 5) is 3.36. The first-order chi connectivity index (χ1) is 4.04. The lowest BCUT2D eigenvalue weighted by atomic mass is 10.6. The Morgan fingerprint density at radius 1 is 1.78 bits per heavy atom. The molecule has 0 aromatic carbocycles. The first-order valence-corrected chi connectivity index (χ1v) is 2.71. The van der Waals surface area contributed by atoms with Crippen molar-refractivity contribution in [1.82, 2.24) is 0 Å². The smallest absolute Gasteiger partial charge is 0.167 e. The highest BCUT2D eigenvalue weighted by atomic mass is 35.5. The summed E-state index contributed by atoms with van der Waals surface area (Å²) in [7, 11) is 0. The van der Waals surface area contributed by atoms with Gasteiger partial charge in [-0.25, -0.2) is 4.99 Å². The van der Waals surface area contributed by atoms with Crippen molar-refractivity contribution in [2.24, 2.45) is 4.99 Å². The summed E-state index contributed by atoms with van der Waals surface area (Å²) in [6.07, 6.45) is -0.901. The molecule has 2 N–H and O–H groups in total. The summed E-state index contributed by atoms with van der Waals surface area (Å²) in [6.45, 7) is 4.51. The number of allylic oxidation sites excluding steroid dienone is 1. The van der Waals surface area contributed by atoms with Crippen LogP contribution in [0.5, 0.6) is 0 Å². The van der Waals surface area contributed by atoms with Crippen molar-refractivity contribution in [3.05, 3.63) is 12.3 Å². The van der Waals surface area contributed by atoms with Crippen molar-refractivity contribution >= 4 is 16.8 Å². The van der Waals surface area contributed by atoms with Gasteiger partial charge in [0.1, 0.15) is 12.0 Å². The molecule has 1 unspecified atom stereocenters. The maximum Gasteiger partial charge on any atom is 0.167 e. The summed E-state index contributed by atoms with van der Waals surface area (Å²) in [5.74, 6) is -0.336.